The van der Waals surface area contributed by atoms with Crippen molar-refractivity contribution in [3.63, 3.8) is 0 Å². The van der Waals surface area contributed by atoms with Gasteiger partial charge in [0.1, 0.15) is 11.4 Å². The first-order valence-corrected chi connectivity index (χ1v) is 5.54. The summed E-state index contributed by atoms with van der Waals surface area (Å²) in [5, 5.41) is 0. The van der Waals surface area contributed by atoms with E-state index in [1.54, 1.807) is 0 Å². The molecule has 0 fully saturated rings. The summed E-state index contributed by atoms with van der Waals surface area (Å²) in [5.74, 6) is -0.649. The minimum Gasteiger partial charge on any atom is -0.495 e. The van der Waals surface area contributed by atoms with Crippen molar-refractivity contribution in [2.75, 3.05) is 14.2 Å². The Morgan fingerprint density at radius 3 is 2.61 bits per heavy atom. The standard InChI is InChI=1S/C11H12ClF2NO3/c1-17-8-3-6(4-9(16)18-2)7(5-12)15-10(8)11(13)14/h3,11H,4-5H2,1-2H3. The Kier molecular flexibility index (Phi) is 5.27. The van der Waals surface area contributed by atoms with Crippen molar-refractivity contribution in [3.05, 3.63) is 23.0 Å². The van der Waals surface area contributed by atoms with Gasteiger partial charge in [-0.15, -0.1) is 11.6 Å². The van der Waals surface area contributed by atoms with Gasteiger partial charge in [0.25, 0.3) is 6.43 Å². The van der Waals surface area contributed by atoms with E-state index in [9.17, 15) is 13.6 Å². The third-order valence-electron chi connectivity index (χ3n) is 2.30. The fourth-order valence-electron chi connectivity index (χ4n) is 1.40. The Morgan fingerprint density at radius 2 is 2.17 bits per heavy atom. The van der Waals surface area contributed by atoms with E-state index in [2.05, 4.69) is 9.72 Å². The van der Waals surface area contributed by atoms with Crippen molar-refractivity contribution in [3.8, 4) is 5.75 Å². The van der Waals surface area contributed by atoms with E-state index in [-0.39, 0.29) is 23.7 Å². The van der Waals surface area contributed by atoms with Crippen LogP contribution in [0.1, 0.15) is 23.4 Å². The molecule has 0 bridgehead atoms. The number of carbonyl (C=O) groups is 1. The molecule has 0 unspecified atom stereocenters. The first kappa shape index (κ1) is 14.6. The van der Waals surface area contributed by atoms with Gasteiger partial charge in [0.2, 0.25) is 0 Å². The van der Waals surface area contributed by atoms with Crippen molar-refractivity contribution >= 4 is 17.6 Å². The number of halogens is 3. The van der Waals surface area contributed by atoms with E-state index < -0.39 is 18.1 Å². The van der Waals surface area contributed by atoms with Crippen LogP contribution in [-0.2, 0) is 21.8 Å². The molecule has 18 heavy (non-hydrogen) atoms. The third kappa shape index (κ3) is 3.29. The van der Waals surface area contributed by atoms with Crippen LogP contribution in [0.4, 0.5) is 8.78 Å². The lowest BCUT2D eigenvalue weighted by Gasteiger charge is -2.12. The van der Waals surface area contributed by atoms with E-state index in [0.717, 1.165) is 0 Å². The van der Waals surface area contributed by atoms with Crippen molar-refractivity contribution in [2.45, 2.75) is 18.7 Å². The highest BCUT2D eigenvalue weighted by atomic mass is 35.5. The van der Waals surface area contributed by atoms with E-state index in [1.165, 1.54) is 20.3 Å². The molecule has 0 radical (unpaired) electrons. The molecule has 0 amide bonds. The van der Waals surface area contributed by atoms with Crippen LogP contribution in [0, 0.1) is 0 Å². The number of carbonyl (C=O) groups excluding carboxylic acids is 1. The predicted molar refractivity (Wildman–Crippen MR) is 61.0 cm³/mol. The first-order valence-electron chi connectivity index (χ1n) is 5.01. The van der Waals surface area contributed by atoms with Gasteiger partial charge in [-0.3, -0.25) is 4.79 Å². The van der Waals surface area contributed by atoms with E-state index in [4.69, 9.17) is 16.3 Å². The smallest absolute Gasteiger partial charge is 0.310 e. The van der Waals surface area contributed by atoms with Gasteiger partial charge in [-0.25, -0.2) is 13.8 Å². The molecule has 1 heterocycles. The van der Waals surface area contributed by atoms with E-state index in [0.29, 0.717) is 5.56 Å². The van der Waals surface area contributed by atoms with Crippen LogP contribution < -0.4 is 4.74 Å². The fraction of sp³-hybridized carbons (Fsp3) is 0.455. The minimum absolute atomic E-state index is 0.0715. The Labute approximate surface area is 108 Å². The van der Waals surface area contributed by atoms with Gasteiger partial charge < -0.3 is 9.47 Å². The zero-order valence-corrected chi connectivity index (χ0v) is 10.6. The molecule has 1 rings (SSSR count). The molecule has 1 aromatic heterocycles. The lowest BCUT2D eigenvalue weighted by atomic mass is 10.1. The quantitative estimate of drug-likeness (QED) is 0.614. The number of nitrogens with zero attached hydrogens (tertiary/aromatic N) is 1. The van der Waals surface area contributed by atoms with Crippen LogP contribution in [0.2, 0.25) is 0 Å². The molecule has 0 aromatic carbocycles. The molecule has 7 heteroatoms. The van der Waals surface area contributed by atoms with Crippen molar-refractivity contribution in [1.82, 2.24) is 4.98 Å². The largest absolute Gasteiger partial charge is 0.495 e. The molecule has 100 valence electrons. The molecule has 0 aliphatic carbocycles. The summed E-state index contributed by atoms with van der Waals surface area (Å²) in [6, 6.07) is 1.34. The fourth-order valence-corrected chi connectivity index (χ4v) is 1.64. The second kappa shape index (κ2) is 6.49. The summed E-state index contributed by atoms with van der Waals surface area (Å²) < 4.78 is 34.8. The molecule has 0 aliphatic rings. The van der Waals surface area contributed by atoms with Crippen molar-refractivity contribution in [2.24, 2.45) is 0 Å². The van der Waals surface area contributed by atoms with Crippen LogP contribution in [-0.4, -0.2) is 25.2 Å². The van der Waals surface area contributed by atoms with Gasteiger partial charge in [0.05, 0.1) is 32.2 Å². The third-order valence-corrected chi connectivity index (χ3v) is 2.55. The number of esters is 1. The number of alkyl halides is 3. The monoisotopic (exact) mass is 279 g/mol. The average molecular weight is 280 g/mol. The van der Waals surface area contributed by atoms with Gasteiger partial charge in [-0.05, 0) is 11.6 Å². The van der Waals surface area contributed by atoms with Gasteiger partial charge in [0, 0.05) is 0 Å². The lowest BCUT2D eigenvalue weighted by Crippen LogP contribution is -2.10. The number of rotatable bonds is 5. The molecule has 0 spiro atoms. The number of hydrogen-bond acceptors (Lipinski definition) is 4. The van der Waals surface area contributed by atoms with Gasteiger partial charge in [-0.2, -0.15) is 0 Å². The zero-order valence-electron chi connectivity index (χ0n) is 9.87. The molecular formula is C11H12ClF2NO3. The Bertz CT molecular complexity index is 441. The Hall–Kier alpha value is -1.43. The van der Waals surface area contributed by atoms with Crippen LogP contribution in [0.25, 0.3) is 0 Å². The molecule has 0 aliphatic heterocycles. The van der Waals surface area contributed by atoms with Crippen LogP contribution in [0.5, 0.6) is 5.75 Å². The second-order valence-corrected chi connectivity index (χ2v) is 3.64. The van der Waals surface area contributed by atoms with Crippen molar-refractivity contribution in [1.29, 1.82) is 0 Å². The van der Waals surface area contributed by atoms with Crippen LogP contribution in [0.3, 0.4) is 0 Å². The van der Waals surface area contributed by atoms with E-state index >= 15 is 0 Å². The summed E-state index contributed by atoms with van der Waals surface area (Å²) in [4.78, 5) is 14.9. The minimum atomic E-state index is -2.77. The molecule has 1 aromatic rings. The topological polar surface area (TPSA) is 48.4 Å². The molecule has 0 atom stereocenters. The summed E-state index contributed by atoms with van der Waals surface area (Å²) in [5.41, 5.74) is 0.151. The van der Waals surface area contributed by atoms with Gasteiger partial charge >= 0.3 is 5.97 Å². The Morgan fingerprint density at radius 1 is 1.50 bits per heavy atom. The van der Waals surface area contributed by atoms with Gasteiger partial charge in [-0.1, -0.05) is 0 Å². The first-order chi connectivity index (χ1) is 8.53. The van der Waals surface area contributed by atoms with Crippen LogP contribution >= 0.6 is 11.6 Å². The van der Waals surface area contributed by atoms with Crippen LogP contribution in [0.15, 0.2) is 6.07 Å². The number of methoxy groups -OCH3 is 2. The maximum Gasteiger partial charge on any atom is 0.310 e. The lowest BCUT2D eigenvalue weighted by molar-refractivity contribution is -0.139. The summed E-state index contributed by atoms with van der Waals surface area (Å²) in [7, 11) is 2.49. The van der Waals surface area contributed by atoms with Crippen molar-refractivity contribution < 1.29 is 23.0 Å². The van der Waals surface area contributed by atoms with E-state index in [1.807, 2.05) is 0 Å². The highest BCUT2D eigenvalue weighted by molar-refractivity contribution is 6.17. The second-order valence-electron chi connectivity index (χ2n) is 3.37. The van der Waals surface area contributed by atoms with Gasteiger partial charge in [0.15, 0.2) is 0 Å². The number of ether oxygens (including phenoxy) is 2. The predicted octanol–water partition coefficient (Wildman–Crippen LogP) is 2.48. The number of pyridine rings is 1. The number of hydrogen-bond donors (Lipinski definition) is 0. The molecule has 0 saturated carbocycles. The zero-order chi connectivity index (χ0) is 13.7. The summed E-state index contributed by atoms with van der Waals surface area (Å²) in [6.07, 6.45) is -2.86. The Balaban J connectivity index is 3.21. The number of aromatic nitrogens is 1. The summed E-state index contributed by atoms with van der Waals surface area (Å²) in [6.45, 7) is 0. The normalized spacial score (nSPS) is 10.6. The SMILES string of the molecule is COC(=O)Cc1cc(OC)c(C(F)F)nc1CCl. The molecule has 0 saturated heterocycles. The maximum absolute atomic E-state index is 12.7. The molecule has 0 N–H and O–H groups in total. The molecular weight excluding hydrogens is 268 g/mol. The highest BCUT2D eigenvalue weighted by Gasteiger charge is 2.20. The summed E-state index contributed by atoms with van der Waals surface area (Å²) >= 11 is 5.63. The maximum atomic E-state index is 12.7. The highest BCUT2D eigenvalue weighted by Crippen LogP contribution is 2.29. The molecule has 4 nitrogen and oxygen atoms in total. The average Bonchev–Trinajstić information content (AvgIpc) is 2.37.